The molecule has 1 aliphatic rings. The lowest BCUT2D eigenvalue weighted by Crippen LogP contribution is -2.23. The number of hydrogen-bond donors (Lipinski definition) is 2. The molecule has 1 atom stereocenters. The first kappa shape index (κ1) is 18.9. The highest BCUT2D eigenvalue weighted by Crippen LogP contribution is 2.27. The normalized spacial score (nSPS) is 16.7. The highest BCUT2D eigenvalue weighted by atomic mass is 16.1. The average Bonchev–Trinajstić information content (AvgIpc) is 3.09. The van der Waals surface area contributed by atoms with E-state index in [0.29, 0.717) is 37.0 Å². The lowest BCUT2D eigenvalue weighted by atomic mass is 9.95. The average molecular weight is 357 g/mol. The van der Waals surface area contributed by atoms with Gasteiger partial charge in [-0.25, -0.2) is 4.98 Å². The summed E-state index contributed by atoms with van der Waals surface area (Å²) in [5.41, 5.74) is 1.96. The second kappa shape index (κ2) is 9.15. The van der Waals surface area contributed by atoms with Crippen LogP contribution < -0.4 is 5.32 Å². The van der Waals surface area contributed by atoms with E-state index in [-0.39, 0.29) is 0 Å². The third-order valence-corrected chi connectivity index (χ3v) is 5.75. The van der Waals surface area contributed by atoms with Gasteiger partial charge in [0.1, 0.15) is 11.6 Å². The number of anilines is 1. The lowest BCUT2D eigenvalue weighted by molar-refractivity contribution is -0.119. The molecule has 0 amide bonds. The molecule has 5 heteroatoms. The predicted molar refractivity (Wildman–Crippen MR) is 106 cm³/mol. The minimum Gasteiger partial charge on any atom is -0.367 e. The van der Waals surface area contributed by atoms with Gasteiger partial charge in [0.05, 0.1) is 10.9 Å². The van der Waals surface area contributed by atoms with Gasteiger partial charge < -0.3 is 5.32 Å². The van der Waals surface area contributed by atoms with Gasteiger partial charge in [-0.1, -0.05) is 39.5 Å². The molecule has 2 aromatic rings. The number of pyridine rings is 1. The minimum absolute atomic E-state index is 0.346. The van der Waals surface area contributed by atoms with Crippen LogP contribution in [0.1, 0.15) is 77.3 Å². The topological polar surface area (TPSA) is 70.7 Å². The number of aromatic nitrogens is 3. The Labute approximate surface area is 156 Å². The molecule has 0 aliphatic heterocycles. The second-order valence-corrected chi connectivity index (χ2v) is 7.83. The number of rotatable bonds is 9. The molecule has 0 radical (unpaired) electrons. The Balaban J connectivity index is 1.65. The van der Waals surface area contributed by atoms with Gasteiger partial charge in [-0.3, -0.25) is 9.89 Å². The zero-order valence-corrected chi connectivity index (χ0v) is 16.2. The molecule has 3 rings (SSSR count). The van der Waals surface area contributed by atoms with E-state index in [2.05, 4.69) is 34.3 Å². The Kier molecular flexibility index (Phi) is 6.64. The SMILES string of the molecule is CCC(C)CCC(=O)CCc1[nH]nc2ccnc(NC3CCCCC3)c12. The van der Waals surface area contributed by atoms with Crippen molar-refractivity contribution in [2.75, 3.05) is 5.32 Å². The standard InChI is InChI=1S/C21H32N4O/c1-3-15(2)9-10-17(26)11-12-18-20-19(25-24-18)13-14-22-21(20)23-16-7-5-4-6-8-16/h13-16H,3-12H2,1-2H3,(H,22,23)(H,24,25). The summed E-state index contributed by atoms with van der Waals surface area (Å²) in [5, 5.41) is 12.3. The van der Waals surface area contributed by atoms with Crippen LogP contribution in [0, 0.1) is 5.92 Å². The summed E-state index contributed by atoms with van der Waals surface area (Å²) >= 11 is 0. The zero-order chi connectivity index (χ0) is 18.4. The molecule has 1 unspecified atom stereocenters. The van der Waals surface area contributed by atoms with E-state index in [1.807, 2.05) is 12.3 Å². The van der Waals surface area contributed by atoms with Gasteiger partial charge in [-0.15, -0.1) is 0 Å². The van der Waals surface area contributed by atoms with Crippen LogP contribution in [0.15, 0.2) is 12.3 Å². The largest absolute Gasteiger partial charge is 0.367 e. The van der Waals surface area contributed by atoms with Crippen LogP contribution in [0.4, 0.5) is 5.82 Å². The Morgan fingerprint density at radius 2 is 2.12 bits per heavy atom. The fourth-order valence-corrected chi connectivity index (χ4v) is 3.76. The van der Waals surface area contributed by atoms with Gasteiger partial charge in [0, 0.05) is 30.8 Å². The Bertz CT molecular complexity index is 718. The Morgan fingerprint density at radius 3 is 2.88 bits per heavy atom. The number of nitrogens with zero attached hydrogens (tertiary/aromatic N) is 2. The first-order chi connectivity index (χ1) is 12.7. The molecular formula is C21H32N4O. The molecule has 2 heterocycles. The summed E-state index contributed by atoms with van der Waals surface area (Å²) in [7, 11) is 0. The molecule has 0 spiro atoms. The smallest absolute Gasteiger partial charge is 0.137 e. The predicted octanol–water partition coefficient (Wildman–Crippen LogP) is 5.03. The number of nitrogens with one attached hydrogen (secondary N) is 2. The number of aryl methyl sites for hydroxylation is 1. The Morgan fingerprint density at radius 1 is 1.31 bits per heavy atom. The van der Waals surface area contributed by atoms with Gasteiger partial charge in [0.15, 0.2) is 0 Å². The monoisotopic (exact) mass is 356 g/mol. The van der Waals surface area contributed by atoms with Crippen molar-refractivity contribution in [3.05, 3.63) is 18.0 Å². The third kappa shape index (κ3) is 4.83. The van der Waals surface area contributed by atoms with Crippen LogP contribution in [-0.4, -0.2) is 27.0 Å². The summed E-state index contributed by atoms with van der Waals surface area (Å²) in [5.74, 6) is 1.89. The molecule has 0 aromatic carbocycles. The van der Waals surface area contributed by atoms with Crippen LogP contribution in [-0.2, 0) is 11.2 Å². The highest BCUT2D eigenvalue weighted by Gasteiger charge is 2.18. The van der Waals surface area contributed by atoms with E-state index in [1.54, 1.807) is 0 Å². The van der Waals surface area contributed by atoms with Gasteiger partial charge in [0.2, 0.25) is 0 Å². The molecular weight excluding hydrogens is 324 g/mol. The van der Waals surface area contributed by atoms with Gasteiger partial charge >= 0.3 is 0 Å². The maximum atomic E-state index is 12.2. The summed E-state index contributed by atoms with van der Waals surface area (Å²) < 4.78 is 0. The zero-order valence-electron chi connectivity index (χ0n) is 16.2. The van der Waals surface area contributed by atoms with E-state index in [0.717, 1.165) is 35.3 Å². The summed E-state index contributed by atoms with van der Waals surface area (Å²) in [4.78, 5) is 16.8. The second-order valence-electron chi connectivity index (χ2n) is 7.83. The van der Waals surface area contributed by atoms with Gasteiger partial charge in [0.25, 0.3) is 0 Å². The van der Waals surface area contributed by atoms with Crippen molar-refractivity contribution < 1.29 is 4.79 Å². The number of fused-ring (bicyclic) bond motifs is 1. The van der Waals surface area contributed by atoms with Crippen LogP contribution in [0.25, 0.3) is 10.9 Å². The number of aromatic amines is 1. The number of carbonyl (C=O) groups excluding carboxylic acids is 1. The molecule has 1 aliphatic carbocycles. The molecule has 2 N–H and O–H groups in total. The third-order valence-electron chi connectivity index (χ3n) is 5.75. The van der Waals surface area contributed by atoms with E-state index in [9.17, 15) is 4.79 Å². The maximum absolute atomic E-state index is 12.2. The first-order valence-corrected chi connectivity index (χ1v) is 10.3. The fraction of sp³-hybridized carbons (Fsp3) is 0.667. The van der Waals surface area contributed by atoms with Gasteiger partial charge in [-0.05, 0) is 37.7 Å². The van der Waals surface area contributed by atoms with Crippen molar-refractivity contribution in [2.24, 2.45) is 5.92 Å². The van der Waals surface area contributed by atoms with Crippen molar-refractivity contribution in [2.45, 2.75) is 84.1 Å². The maximum Gasteiger partial charge on any atom is 0.137 e. The quantitative estimate of drug-likeness (QED) is 0.661. The van der Waals surface area contributed by atoms with Crippen molar-refractivity contribution in [3.8, 4) is 0 Å². The fourth-order valence-electron chi connectivity index (χ4n) is 3.76. The number of carbonyl (C=O) groups is 1. The minimum atomic E-state index is 0.346. The lowest BCUT2D eigenvalue weighted by Gasteiger charge is -2.23. The van der Waals surface area contributed by atoms with E-state index >= 15 is 0 Å². The van der Waals surface area contributed by atoms with Crippen LogP contribution in [0.5, 0.6) is 0 Å². The summed E-state index contributed by atoms with van der Waals surface area (Å²) in [6.45, 7) is 4.39. The van der Waals surface area contributed by atoms with Crippen molar-refractivity contribution >= 4 is 22.5 Å². The van der Waals surface area contributed by atoms with Crippen molar-refractivity contribution in [1.82, 2.24) is 15.2 Å². The molecule has 0 saturated heterocycles. The molecule has 5 nitrogen and oxygen atoms in total. The van der Waals surface area contributed by atoms with Crippen LogP contribution in [0.2, 0.25) is 0 Å². The van der Waals surface area contributed by atoms with E-state index in [1.165, 1.54) is 32.1 Å². The van der Waals surface area contributed by atoms with Gasteiger partial charge in [-0.2, -0.15) is 5.10 Å². The summed E-state index contributed by atoms with van der Waals surface area (Å²) in [6.07, 6.45) is 12.3. The van der Waals surface area contributed by atoms with Crippen LogP contribution >= 0.6 is 0 Å². The molecule has 2 aromatic heterocycles. The molecule has 0 bridgehead atoms. The number of ketones is 1. The number of hydrogen-bond acceptors (Lipinski definition) is 4. The molecule has 142 valence electrons. The Hall–Kier alpha value is -1.91. The highest BCUT2D eigenvalue weighted by molar-refractivity contribution is 5.92. The number of H-pyrrole nitrogens is 1. The van der Waals surface area contributed by atoms with Crippen LogP contribution in [0.3, 0.4) is 0 Å². The van der Waals surface area contributed by atoms with E-state index < -0.39 is 0 Å². The molecule has 1 fully saturated rings. The van der Waals surface area contributed by atoms with Crippen molar-refractivity contribution in [1.29, 1.82) is 0 Å². The van der Waals surface area contributed by atoms with Crippen molar-refractivity contribution in [3.63, 3.8) is 0 Å². The molecule has 1 saturated carbocycles. The summed E-state index contributed by atoms with van der Waals surface area (Å²) in [6, 6.07) is 2.44. The molecule has 26 heavy (non-hydrogen) atoms. The number of Topliss-reactive ketones (excluding diaryl/α,β-unsaturated/α-hetero) is 1. The van der Waals surface area contributed by atoms with E-state index in [4.69, 9.17) is 0 Å². The first-order valence-electron chi connectivity index (χ1n) is 10.3.